The molecular formula is C19H16BrClO2S. The molecule has 0 bridgehead atoms. The topological polar surface area (TPSA) is 26.3 Å². The number of halogens is 2. The van der Waals surface area contributed by atoms with Gasteiger partial charge < -0.3 is 4.74 Å². The Kier molecular flexibility index (Phi) is 4.73. The van der Waals surface area contributed by atoms with E-state index in [4.69, 9.17) is 16.3 Å². The number of esters is 1. The molecule has 0 aliphatic carbocycles. The number of carbonyl (C=O) groups is 1. The van der Waals surface area contributed by atoms with Crippen LogP contribution in [0.5, 0.6) is 5.75 Å². The fourth-order valence-corrected chi connectivity index (χ4v) is 4.21. The van der Waals surface area contributed by atoms with Crippen molar-refractivity contribution in [3.8, 4) is 5.75 Å². The quantitative estimate of drug-likeness (QED) is 0.333. The van der Waals surface area contributed by atoms with E-state index in [0.717, 1.165) is 20.1 Å². The van der Waals surface area contributed by atoms with Crippen molar-refractivity contribution in [3.63, 3.8) is 0 Å². The summed E-state index contributed by atoms with van der Waals surface area (Å²) in [5.74, 6) is 0.137. The molecule has 0 aliphatic rings. The van der Waals surface area contributed by atoms with Gasteiger partial charge in [0.1, 0.15) is 10.6 Å². The molecule has 0 spiro atoms. The zero-order chi connectivity index (χ0) is 17.5. The molecule has 0 saturated carbocycles. The number of thiophene rings is 1. The molecule has 1 heterocycles. The van der Waals surface area contributed by atoms with Gasteiger partial charge in [-0.05, 0) is 29.7 Å². The molecule has 0 saturated heterocycles. The van der Waals surface area contributed by atoms with Gasteiger partial charge in [-0.25, -0.2) is 4.79 Å². The van der Waals surface area contributed by atoms with E-state index in [9.17, 15) is 4.79 Å². The normalized spacial score (nSPS) is 11.7. The Morgan fingerprint density at radius 3 is 2.54 bits per heavy atom. The molecule has 0 atom stereocenters. The van der Waals surface area contributed by atoms with Crippen LogP contribution in [0.4, 0.5) is 0 Å². The molecule has 5 heteroatoms. The maximum absolute atomic E-state index is 12.7. The Morgan fingerprint density at radius 2 is 1.88 bits per heavy atom. The second-order valence-corrected chi connectivity index (χ2v) is 8.87. The number of hydrogen-bond acceptors (Lipinski definition) is 3. The molecule has 0 aliphatic heterocycles. The summed E-state index contributed by atoms with van der Waals surface area (Å²) in [6.45, 7) is 6.25. The molecule has 0 amide bonds. The highest BCUT2D eigenvalue weighted by Crippen LogP contribution is 2.38. The molecular weight excluding hydrogens is 408 g/mol. The van der Waals surface area contributed by atoms with Crippen LogP contribution in [0.2, 0.25) is 5.02 Å². The van der Waals surface area contributed by atoms with E-state index >= 15 is 0 Å². The Balaban J connectivity index is 1.99. The second-order valence-electron chi connectivity index (χ2n) is 6.52. The molecule has 1 aromatic heterocycles. The SMILES string of the molecule is CC(C)(C)c1cc(Br)ccc1OC(=O)c1sc2ccccc2c1Cl. The van der Waals surface area contributed by atoms with Crippen LogP contribution in [0.1, 0.15) is 36.0 Å². The zero-order valence-electron chi connectivity index (χ0n) is 13.5. The summed E-state index contributed by atoms with van der Waals surface area (Å²) in [5, 5.41) is 1.33. The van der Waals surface area contributed by atoms with Crippen molar-refractivity contribution in [2.24, 2.45) is 0 Å². The summed E-state index contributed by atoms with van der Waals surface area (Å²) in [5.41, 5.74) is 0.811. The highest BCUT2D eigenvalue weighted by atomic mass is 79.9. The molecule has 3 aromatic rings. The van der Waals surface area contributed by atoms with Gasteiger partial charge in [-0.15, -0.1) is 11.3 Å². The third-order valence-electron chi connectivity index (χ3n) is 3.67. The van der Waals surface area contributed by atoms with Gasteiger partial charge >= 0.3 is 5.97 Å². The number of rotatable bonds is 2. The van der Waals surface area contributed by atoms with Gasteiger partial charge in [0.05, 0.1) is 5.02 Å². The first-order chi connectivity index (χ1) is 11.3. The Morgan fingerprint density at radius 1 is 1.17 bits per heavy atom. The van der Waals surface area contributed by atoms with E-state index in [1.54, 1.807) is 0 Å². The van der Waals surface area contributed by atoms with Crippen molar-refractivity contribution in [3.05, 3.63) is 62.4 Å². The van der Waals surface area contributed by atoms with Crippen LogP contribution in [-0.4, -0.2) is 5.97 Å². The van der Waals surface area contributed by atoms with E-state index in [1.807, 2.05) is 42.5 Å². The summed E-state index contributed by atoms with van der Waals surface area (Å²) in [4.78, 5) is 13.1. The lowest BCUT2D eigenvalue weighted by Crippen LogP contribution is -2.16. The third-order valence-corrected chi connectivity index (χ3v) is 5.82. The predicted molar refractivity (Wildman–Crippen MR) is 105 cm³/mol. The number of hydrogen-bond donors (Lipinski definition) is 0. The molecule has 2 aromatic carbocycles. The van der Waals surface area contributed by atoms with Gasteiger partial charge in [0.2, 0.25) is 0 Å². The summed E-state index contributed by atoms with van der Waals surface area (Å²) in [6.07, 6.45) is 0. The molecule has 24 heavy (non-hydrogen) atoms. The minimum atomic E-state index is -0.422. The van der Waals surface area contributed by atoms with Crippen molar-refractivity contribution in [2.45, 2.75) is 26.2 Å². The predicted octanol–water partition coefficient (Wildman–Crippen LogP) is 6.83. The van der Waals surface area contributed by atoms with Crippen molar-refractivity contribution in [1.82, 2.24) is 0 Å². The monoisotopic (exact) mass is 422 g/mol. The number of fused-ring (bicyclic) bond motifs is 1. The molecule has 2 nitrogen and oxygen atoms in total. The average molecular weight is 424 g/mol. The number of benzene rings is 2. The van der Waals surface area contributed by atoms with E-state index in [0.29, 0.717) is 15.6 Å². The van der Waals surface area contributed by atoms with Crippen LogP contribution in [-0.2, 0) is 5.41 Å². The standard InChI is InChI=1S/C19H16BrClO2S/c1-19(2,3)13-10-11(20)8-9-14(13)23-18(22)17-16(21)12-6-4-5-7-15(12)24-17/h4-10H,1-3H3. The highest BCUT2D eigenvalue weighted by Gasteiger charge is 2.24. The fraction of sp³-hybridized carbons (Fsp3) is 0.211. The first-order valence-electron chi connectivity index (χ1n) is 7.46. The Labute approximate surface area is 158 Å². The van der Waals surface area contributed by atoms with Gasteiger partial charge in [0, 0.05) is 20.1 Å². The highest BCUT2D eigenvalue weighted by molar-refractivity contribution is 9.10. The van der Waals surface area contributed by atoms with Crippen LogP contribution in [0.15, 0.2) is 46.9 Å². The van der Waals surface area contributed by atoms with E-state index in [-0.39, 0.29) is 5.41 Å². The van der Waals surface area contributed by atoms with Crippen molar-refractivity contribution in [1.29, 1.82) is 0 Å². The molecule has 3 rings (SSSR count). The smallest absolute Gasteiger partial charge is 0.355 e. The second kappa shape index (κ2) is 6.51. The Hall–Kier alpha value is -1.36. The molecule has 0 N–H and O–H groups in total. The summed E-state index contributed by atoms with van der Waals surface area (Å²) in [7, 11) is 0. The van der Waals surface area contributed by atoms with Crippen molar-refractivity contribution < 1.29 is 9.53 Å². The van der Waals surface area contributed by atoms with Gasteiger partial charge in [-0.3, -0.25) is 0 Å². The maximum Gasteiger partial charge on any atom is 0.355 e. The van der Waals surface area contributed by atoms with Crippen LogP contribution >= 0.6 is 38.9 Å². The molecule has 0 radical (unpaired) electrons. The largest absolute Gasteiger partial charge is 0.422 e. The molecule has 0 unspecified atom stereocenters. The van der Waals surface area contributed by atoms with Gasteiger partial charge in [-0.1, -0.05) is 66.5 Å². The maximum atomic E-state index is 12.7. The summed E-state index contributed by atoms with van der Waals surface area (Å²) >= 11 is 11.2. The van der Waals surface area contributed by atoms with Crippen molar-refractivity contribution in [2.75, 3.05) is 0 Å². The average Bonchev–Trinajstić information content (AvgIpc) is 2.86. The minimum absolute atomic E-state index is 0.149. The number of carbonyl (C=O) groups excluding carboxylic acids is 1. The van der Waals surface area contributed by atoms with Crippen LogP contribution in [0, 0.1) is 0 Å². The van der Waals surface area contributed by atoms with E-state index in [2.05, 4.69) is 36.7 Å². The molecule has 124 valence electrons. The van der Waals surface area contributed by atoms with Crippen LogP contribution in [0.25, 0.3) is 10.1 Å². The third kappa shape index (κ3) is 3.37. The first kappa shape index (κ1) is 17.5. The Bertz CT molecular complexity index is 925. The fourth-order valence-electron chi connectivity index (χ4n) is 2.47. The summed E-state index contributed by atoms with van der Waals surface area (Å²) < 4.78 is 7.61. The first-order valence-corrected chi connectivity index (χ1v) is 9.45. The lowest BCUT2D eigenvalue weighted by Gasteiger charge is -2.22. The molecule has 0 fully saturated rings. The lowest BCUT2D eigenvalue weighted by molar-refractivity contribution is 0.0737. The van der Waals surface area contributed by atoms with Crippen molar-refractivity contribution >= 4 is 54.9 Å². The number of ether oxygens (including phenoxy) is 1. The van der Waals surface area contributed by atoms with Gasteiger partial charge in [0.25, 0.3) is 0 Å². The zero-order valence-corrected chi connectivity index (χ0v) is 16.7. The van der Waals surface area contributed by atoms with Crippen LogP contribution < -0.4 is 4.74 Å². The minimum Gasteiger partial charge on any atom is -0.422 e. The summed E-state index contributed by atoms with van der Waals surface area (Å²) in [6, 6.07) is 13.3. The van der Waals surface area contributed by atoms with E-state index < -0.39 is 5.97 Å². The lowest BCUT2D eigenvalue weighted by atomic mass is 9.86. The van der Waals surface area contributed by atoms with Gasteiger partial charge in [-0.2, -0.15) is 0 Å². The van der Waals surface area contributed by atoms with E-state index in [1.165, 1.54) is 11.3 Å². The van der Waals surface area contributed by atoms with Gasteiger partial charge in [0.15, 0.2) is 0 Å². The van der Waals surface area contributed by atoms with Crippen LogP contribution in [0.3, 0.4) is 0 Å².